The zero-order valence-electron chi connectivity index (χ0n) is 11.8. The highest BCUT2D eigenvalue weighted by Gasteiger charge is 2.16. The van der Waals surface area contributed by atoms with Gasteiger partial charge in [0.15, 0.2) is 5.82 Å². The molecule has 2 rings (SSSR count). The number of hydrogen-bond donors (Lipinski definition) is 0. The van der Waals surface area contributed by atoms with E-state index in [1.807, 2.05) is 37.3 Å². The van der Waals surface area contributed by atoms with E-state index in [4.69, 9.17) is 16.3 Å². The Morgan fingerprint density at radius 1 is 1.15 bits per heavy atom. The number of hydrogen-bond acceptors (Lipinski definition) is 3. The molecule has 0 saturated heterocycles. The molecule has 106 valence electrons. The molecule has 0 fully saturated rings. The molecular weight excluding hydrogens is 272 g/mol. The fourth-order valence-electron chi connectivity index (χ4n) is 2.09. The maximum Gasteiger partial charge on any atom is 0.159 e. The number of nitrogens with zero attached hydrogens (tertiary/aromatic N) is 2. The molecule has 0 aliphatic carbocycles. The molecule has 0 N–H and O–H groups in total. The first kappa shape index (κ1) is 14.9. The third-order valence-electron chi connectivity index (χ3n) is 2.99. The Balaban J connectivity index is 2.37. The van der Waals surface area contributed by atoms with Crippen LogP contribution >= 0.6 is 11.6 Å². The van der Waals surface area contributed by atoms with Gasteiger partial charge in [-0.15, -0.1) is 0 Å². The van der Waals surface area contributed by atoms with E-state index >= 15 is 0 Å². The zero-order chi connectivity index (χ0) is 14.4. The van der Waals surface area contributed by atoms with Crippen LogP contribution in [0, 0.1) is 0 Å². The van der Waals surface area contributed by atoms with Gasteiger partial charge < -0.3 is 4.74 Å². The molecule has 1 heterocycles. The van der Waals surface area contributed by atoms with Crippen molar-refractivity contribution < 1.29 is 4.74 Å². The lowest BCUT2D eigenvalue weighted by Crippen LogP contribution is -2.09. The molecule has 0 spiro atoms. The van der Waals surface area contributed by atoms with E-state index in [-0.39, 0.29) is 6.10 Å². The van der Waals surface area contributed by atoms with Gasteiger partial charge in [0.25, 0.3) is 0 Å². The highest BCUT2D eigenvalue weighted by atomic mass is 35.5. The number of ether oxygens (including phenoxy) is 1. The van der Waals surface area contributed by atoms with Crippen LogP contribution in [0.1, 0.15) is 38.6 Å². The summed E-state index contributed by atoms with van der Waals surface area (Å²) in [6.07, 6.45) is 1.81. The summed E-state index contributed by atoms with van der Waals surface area (Å²) in [6, 6.07) is 11.8. The van der Waals surface area contributed by atoms with Crippen molar-refractivity contribution >= 4 is 11.6 Å². The van der Waals surface area contributed by atoms with Crippen LogP contribution < -0.4 is 0 Å². The molecule has 4 heteroatoms. The second kappa shape index (κ2) is 7.36. The lowest BCUT2D eigenvalue weighted by Gasteiger charge is -2.16. The maximum atomic E-state index is 6.14. The Bertz CT molecular complexity index is 539. The van der Waals surface area contributed by atoms with Gasteiger partial charge in [0.05, 0.1) is 5.69 Å². The normalized spacial score (nSPS) is 12.3. The van der Waals surface area contributed by atoms with Gasteiger partial charge >= 0.3 is 0 Å². The summed E-state index contributed by atoms with van der Waals surface area (Å²) in [4.78, 5) is 8.95. The summed E-state index contributed by atoms with van der Waals surface area (Å²) in [7, 11) is 0. The van der Waals surface area contributed by atoms with Crippen molar-refractivity contribution in [3.05, 3.63) is 47.4 Å². The summed E-state index contributed by atoms with van der Waals surface area (Å²) < 4.78 is 5.73. The topological polar surface area (TPSA) is 35.0 Å². The van der Waals surface area contributed by atoms with Gasteiger partial charge in [-0.05, 0) is 13.3 Å². The molecule has 0 bridgehead atoms. The van der Waals surface area contributed by atoms with E-state index in [0.29, 0.717) is 17.6 Å². The number of benzene rings is 1. The molecule has 1 unspecified atom stereocenters. The molecular formula is C16H19ClN2O. The molecule has 3 nitrogen and oxygen atoms in total. The molecule has 1 aromatic carbocycles. The molecule has 20 heavy (non-hydrogen) atoms. The molecule has 0 amide bonds. The Labute approximate surface area is 125 Å². The minimum absolute atomic E-state index is 0.0915. The molecule has 0 saturated carbocycles. The molecule has 1 atom stereocenters. The van der Waals surface area contributed by atoms with Gasteiger partial charge in [0.1, 0.15) is 11.3 Å². The van der Waals surface area contributed by atoms with Crippen molar-refractivity contribution in [2.45, 2.75) is 32.8 Å². The van der Waals surface area contributed by atoms with Gasteiger partial charge in [-0.3, -0.25) is 0 Å². The van der Waals surface area contributed by atoms with Crippen LogP contribution in [0.5, 0.6) is 0 Å². The molecule has 2 aromatic rings. The molecule has 0 radical (unpaired) electrons. The van der Waals surface area contributed by atoms with Crippen LogP contribution in [0.3, 0.4) is 0 Å². The predicted octanol–water partition coefficient (Wildman–Crippen LogP) is 4.67. The van der Waals surface area contributed by atoms with Crippen molar-refractivity contribution in [3.8, 4) is 11.3 Å². The largest absolute Gasteiger partial charge is 0.371 e. The van der Waals surface area contributed by atoms with Crippen LogP contribution in [-0.4, -0.2) is 16.6 Å². The van der Waals surface area contributed by atoms with E-state index in [1.165, 1.54) is 0 Å². The van der Waals surface area contributed by atoms with Crippen molar-refractivity contribution in [1.82, 2.24) is 9.97 Å². The number of halogens is 1. The first-order valence-corrected chi connectivity index (χ1v) is 7.33. The average Bonchev–Trinajstić information content (AvgIpc) is 2.47. The highest BCUT2D eigenvalue weighted by Crippen LogP contribution is 2.25. The molecule has 1 aromatic heterocycles. The van der Waals surface area contributed by atoms with Crippen LogP contribution in [0.15, 0.2) is 36.4 Å². The lowest BCUT2D eigenvalue weighted by atomic mass is 10.1. The summed E-state index contributed by atoms with van der Waals surface area (Å²) in [5, 5.41) is 0.453. The summed E-state index contributed by atoms with van der Waals surface area (Å²) in [5.41, 5.74) is 1.87. The van der Waals surface area contributed by atoms with Gasteiger partial charge in [-0.25, -0.2) is 9.97 Å². The first-order chi connectivity index (χ1) is 9.74. The third kappa shape index (κ3) is 3.78. The van der Waals surface area contributed by atoms with E-state index in [0.717, 1.165) is 24.1 Å². The third-order valence-corrected chi connectivity index (χ3v) is 3.18. The summed E-state index contributed by atoms with van der Waals surface area (Å²) >= 11 is 6.14. The van der Waals surface area contributed by atoms with Gasteiger partial charge in [0.2, 0.25) is 0 Å². The van der Waals surface area contributed by atoms with Crippen molar-refractivity contribution in [1.29, 1.82) is 0 Å². The minimum atomic E-state index is -0.0915. The van der Waals surface area contributed by atoms with E-state index in [2.05, 4.69) is 16.9 Å². The Hall–Kier alpha value is -1.45. The molecule has 0 aliphatic heterocycles. The van der Waals surface area contributed by atoms with Crippen LogP contribution in [0.25, 0.3) is 11.3 Å². The predicted molar refractivity (Wildman–Crippen MR) is 81.8 cm³/mol. The first-order valence-electron chi connectivity index (χ1n) is 6.96. The number of rotatable bonds is 6. The average molecular weight is 291 g/mol. The second-order valence-corrected chi connectivity index (χ2v) is 4.92. The summed E-state index contributed by atoms with van der Waals surface area (Å²) in [6.45, 7) is 4.74. The smallest absolute Gasteiger partial charge is 0.159 e. The van der Waals surface area contributed by atoms with Gasteiger partial charge in [-0.2, -0.15) is 0 Å². The van der Waals surface area contributed by atoms with E-state index in [9.17, 15) is 0 Å². The number of aromatic nitrogens is 2. The van der Waals surface area contributed by atoms with Crippen molar-refractivity contribution in [3.63, 3.8) is 0 Å². The van der Waals surface area contributed by atoms with E-state index < -0.39 is 0 Å². The zero-order valence-corrected chi connectivity index (χ0v) is 12.6. The monoisotopic (exact) mass is 290 g/mol. The fourth-order valence-corrected chi connectivity index (χ4v) is 2.28. The second-order valence-electron chi connectivity index (χ2n) is 4.53. The van der Waals surface area contributed by atoms with Crippen LogP contribution in [0.4, 0.5) is 0 Å². The standard InChI is InChI=1S/C16H19ClN2O/c1-3-8-14(20-4-2)16-18-13(11-15(17)19-16)12-9-6-5-7-10-12/h5-7,9-11,14H,3-4,8H2,1-2H3. The highest BCUT2D eigenvalue weighted by molar-refractivity contribution is 6.29. The van der Waals surface area contributed by atoms with Crippen LogP contribution in [0.2, 0.25) is 5.15 Å². The van der Waals surface area contributed by atoms with Gasteiger partial charge in [0, 0.05) is 18.2 Å². The quantitative estimate of drug-likeness (QED) is 0.725. The SMILES string of the molecule is CCCC(OCC)c1nc(Cl)cc(-c2ccccc2)n1. The Morgan fingerprint density at radius 3 is 2.55 bits per heavy atom. The van der Waals surface area contributed by atoms with Gasteiger partial charge in [-0.1, -0.05) is 55.3 Å². The maximum absolute atomic E-state index is 6.14. The molecule has 0 aliphatic rings. The van der Waals surface area contributed by atoms with Crippen molar-refractivity contribution in [2.24, 2.45) is 0 Å². The lowest BCUT2D eigenvalue weighted by molar-refractivity contribution is 0.0494. The Kier molecular flexibility index (Phi) is 5.50. The minimum Gasteiger partial charge on any atom is -0.371 e. The van der Waals surface area contributed by atoms with E-state index in [1.54, 1.807) is 6.07 Å². The fraction of sp³-hybridized carbons (Fsp3) is 0.375. The summed E-state index contributed by atoms with van der Waals surface area (Å²) in [5.74, 6) is 0.667. The Morgan fingerprint density at radius 2 is 1.90 bits per heavy atom. The van der Waals surface area contributed by atoms with Crippen molar-refractivity contribution in [2.75, 3.05) is 6.61 Å². The van der Waals surface area contributed by atoms with Crippen LogP contribution in [-0.2, 0) is 4.74 Å².